The first-order chi connectivity index (χ1) is 9.19. The normalized spacial score (nSPS) is 12.8. The number of nitrogens with zero attached hydrogens (tertiary/aromatic N) is 2. The van der Waals surface area contributed by atoms with Gasteiger partial charge in [0.25, 0.3) is 0 Å². The van der Waals surface area contributed by atoms with E-state index in [0.717, 1.165) is 34.8 Å². The molecule has 5 heteroatoms. The van der Waals surface area contributed by atoms with E-state index in [1.165, 1.54) is 4.88 Å². The molecular formula is C14H21N3OS. The highest BCUT2D eigenvalue weighted by atomic mass is 32.1. The third-order valence-corrected chi connectivity index (χ3v) is 4.11. The van der Waals surface area contributed by atoms with Crippen LogP contribution in [0.4, 0.5) is 5.82 Å². The lowest BCUT2D eigenvalue weighted by Crippen LogP contribution is -2.08. The van der Waals surface area contributed by atoms with Crippen molar-refractivity contribution >= 4 is 27.4 Å². The summed E-state index contributed by atoms with van der Waals surface area (Å²) in [6.07, 6.45) is 0.960. The minimum atomic E-state index is -0.0704. The largest absolute Gasteiger partial charge is 0.371 e. The molecule has 1 N–H and O–H groups in total. The summed E-state index contributed by atoms with van der Waals surface area (Å²) in [5.41, 5.74) is 0. The summed E-state index contributed by atoms with van der Waals surface area (Å²) in [6.45, 7) is 9.74. The van der Waals surface area contributed by atoms with E-state index in [-0.39, 0.29) is 6.10 Å². The second kappa shape index (κ2) is 6.30. The molecule has 0 bridgehead atoms. The summed E-state index contributed by atoms with van der Waals surface area (Å²) >= 11 is 1.74. The Bertz CT molecular complexity index is 553. The van der Waals surface area contributed by atoms with E-state index < -0.39 is 0 Å². The van der Waals surface area contributed by atoms with Crippen molar-refractivity contribution < 1.29 is 4.74 Å². The standard InChI is InChI=1S/C14H21N3OS/c1-5-10-8-11-13(15-6-2)16-12(9(4)18-7-3)17-14(11)19-10/h8-9H,5-7H2,1-4H3,(H,15,16,17). The monoisotopic (exact) mass is 279 g/mol. The number of nitrogens with one attached hydrogen (secondary N) is 1. The molecule has 0 spiro atoms. The molecule has 0 saturated heterocycles. The fraction of sp³-hybridized carbons (Fsp3) is 0.571. The Labute approximate surface area is 118 Å². The number of anilines is 1. The van der Waals surface area contributed by atoms with Crippen LogP contribution in [0.25, 0.3) is 10.2 Å². The molecule has 19 heavy (non-hydrogen) atoms. The number of ether oxygens (including phenoxy) is 1. The van der Waals surface area contributed by atoms with Gasteiger partial charge < -0.3 is 10.1 Å². The quantitative estimate of drug-likeness (QED) is 0.874. The number of hydrogen-bond donors (Lipinski definition) is 1. The van der Waals surface area contributed by atoms with Crippen LogP contribution in [0.1, 0.15) is 44.5 Å². The van der Waals surface area contributed by atoms with Crippen LogP contribution in [0.3, 0.4) is 0 Å². The van der Waals surface area contributed by atoms with E-state index >= 15 is 0 Å². The molecule has 0 aliphatic carbocycles. The predicted octanol–water partition coefficient (Wildman–Crippen LogP) is 3.78. The first-order valence-corrected chi connectivity index (χ1v) is 7.67. The van der Waals surface area contributed by atoms with Gasteiger partial charge in [-0.2, -0.15) is 0 Å². The lowest BCUT2D eigenvalue weighted by Gasteiger charge is -2.12. The molecule has 4 nitrogen and oxygen atoms in total. The molecule has 0 radical (unpaired) electrons. The van der Waals surface area contributed by atoms with Gasteiger partial charge in [-0.1, -0.05) is 6.92 Å². The summed E-state index contributed by atoms with van der Waals surface area (Å²) < 4.78 is 5.59. The molecule has 0 aromatic carbocycles. The van der Waals surface area contributed by atoms with Crippen LogP contribution in [0.15, 0.2) is 6.07 Å². The summed E-state index contributed by atoms with van der Waals surface area (Å²) in [7, 11) is 0. The van der Waals surface area contributed by atoms with Crippen molar-refractivity contribution in [3.05, 3.63) is 16.8 Å². The maximum atomic E-state index is 5.59. The van der Waals surface area contributed by atoms with Crippen LogP contribution < -0.4 is 5.32 Å². The Morgan fingerprint density at radius 3 is 2.74 bits per heavy atom. The van der Waals surface area contributed by atoms with Gasteiger partial charge in [-0.15, -0.1) is 11.3 Å². The van der Waals surface area contributed by atoms with Crippen molar-refractivity contribution in [3.8, 4) is 0 Å². The number of rotatable bonds is 6. The Morgan fingerprint density at radius 2 is 2.11 bits per heavy atom. The molecular weight excluding hydrogens is 258 g/mol. The second-order valence-corrected chi connectivity index (χ2v) is 5.46. The lowest BCUT2D eigenvalue weighted by atomic mass is 10.3. The molecule has 2 heterocycles. The van der Waals surface area contributed by atoms with Crippen molar-refractivity contribution in [2.45, 2.75) is 40.2 Å². The van der Waals surface area contributed by atoms with E-state index in [1.807, 2.05) is 13.8 Å². The van der Waals surface area contributed by atoms with Crippen LogP contribution in [0.2, 0.25) is 0 Å². The highest BCUT2D eigenvalue weighted by molar-refractivity contribution is 7.18. The highest BCUT2D eigenvalue weighted by Gasteiger charge is 2.15. The van der Waals surface area contributed by atoms with Gasteiger partial charge in [0.15, 0.2) is 5.82 Å². The van der Waals surface area contributed by atoms with Crippen LogP contribution in [0, 0.1) is 0 Å². The number of fused-ring (bicyclic) bond motifs is 1. The maximum Gasteiger partial charge on any atom is 0.160 e. The summed E-state index contributed by atoms with van der Waals surface area (Å²) in [5, 5.41) is 4.45. The fourth-order valence-electron chi connectivity index (χ4n) is 1.97. The molecule has 0 fully saturated rings. The molecule has 0 saturated carbocycles. The van der Waals surface area contributed by atoms with Gasteiger partial charge in [0.2, 0.25) is 0 Å². The summed E-state index contributed by atoms with van der Waals surface area (Å²) in [6, 6.07) is 2.19. The van der Waals surface area contributed by atoms with Crippen LogP contribution in [-0.4, -0.2) is 23.1 Å². The van der Waals surface area contributed by atoms with Gasteiger partial charge in [-0.05, 0) is 33.3 Å². The van der Waals surface area contributed by atoms with Crippen LogP contribution >= 0.6 is 11.3 Å². The molecule has 0 aliphatic rings. The molecule has 0 amide bonds. The molecule has 104 valence electrons. The van der Waals surface area contributed by atoms with Crippen molar-refractivity contribution in [1.82, 2.24) is 9.97 Å². The number of aromatic nitrogens is 2. The van der Waals surface area contributed by atoms with Gasteiger partial charge >= 0.3 is 0 Å². The first kappa shape index (κ1) is 14.2. The SMILES string of the molecule is CCNc1nc(C(C)OCC)nc2sc(CC)cc12. The zero-order valence-corrected chi connectivity index (χ0v) is 12.8. The van der Waals surface area contributed by atoms with Crippen molar-refractivity contribution in [1.29, 1.82) is 0 Å². The lowest BCUT2D eigenvalue weighted by molar-refractivity contribution is 0.0704. The van der Waals surface area contributed by atoms with E-state index in [1.54, 1.807) is 11.3 Å². The Morgan fingerprint density at radius 1 is 1.32 bits per heavy atom. The summed E-state index contributed by atoms with van der Waals surface area (Å²) in [4.78, 5) is 11.6. The zero-order chi connectivity index (χ0) is 13.8. The fourth-order valence-corrected chi connectivity index (χ4v) is 2.94. The van der Waals surface area contributed by atoms with Crippen molar-refractivity contribution in [2.24, 2.45) is 0 Å². The molecule has 1 atom stereocenters. The van der Waals surface area contributed by atoms with Gasteiger partial charge in [0.1, 0.15) is 16.8 Å². The van der Waals surface area contributed by atoms with Gasteiger partial charge in [0.05, 0.1) is 5.39 Å². The predicted molar refractivity (Wildman–Crippen MR) is 81.0 cm³/mol. The van der Waals surface area contributed by atoms with Crippen molar-refractivity contribution in [3.63, 3.8) is 0 Å². The number of aryl methyl sites for hydroxylation is 1. The third kappa shape index (κ3) is 3.04. The second-order valence-electron chi connectivity index (χ2n) is 4.34. The molecule has 0 aliphatic heterocycles. The number of thiophene rings is 1. The first-order valence-electron chi connectivity index (χ1n) is 6.85. The van der Waals surface area contributed by atoms with Crippen molar-refractivity contribution in [2.75, 3.05) is 18.5 Å². The average molecular weight is 279 g/mol. The molecule has 2 aromatic rings. The highest BCUT2D eigenvalue weighted by Crippen LogP contribution is 2.30. The van der Waals surface area contributed by atoms with E-state index in [0.29, 0.717) is 6.61 Å². The number of hydrogen-bond acceptors (Lipinski definition) is 5. The molecule has 2 rings (SSSR count). The minimum absolute atomic E-state index is 0.0704. The Balaban J connectivity index is 2.49. The molecule has 1 unspecified atom stereocenters. The van der Waals surface area contributed by atoms with Gasteiger partial charge in [0, 0.05) is 18.0 Å². The summed E-state index contributed by atoms with van der Waals surface area (Å²) in [5.74, 6) is 1.68. The van der Waals surface area contributed by atoms with Gasteiger partial charge in [-0.25, -0.2) is 9.97 Å². The van der Waals surface area contributed by atoms with Crippen LogP contribution in [-0.2, 0) is 11.2 Å². The Kier molecular flexibility index (Phi) is 4.71. The maximum absolute atomic E-state index is 5.59. The topological polar surface area (TPSA) is 47.0 Å². The smallest absolute Gasteiger partial charge is 0.160 e. The third-order valence-electron chi connectivity index (χ3n) is 2.93. The zero-order valence-electron chi connectivity index (χ0n) is 12.0. The van der Waals surface area contributed by atoms with Crippen LogP contribution in [0.5, 0.6) is 0 Å². The Hall–Kier alpha value is -1.20. The van der Waals surface area contributed by atoms with E-state index in [4.69, 9.17) is 4.74 Å². The van der Waals surface area contributed by atoms with E-state index in [9.17, 15) is 0 Å². The average Bonchev–Trinajstić information content (AvgIpc) is 2.82. The van der Waals surface area contributed by atoms with E-state index in [2.05, 4.69) is 35.2 Å². The molecule has 2 aromatic heterocycles. The minimum Gasteiger partial charge on any atom is -0.371 e. The van der Waals surface area contributed by atoms with Gasteiger partial charge in [-0.3, -0.25) is 0 Å².